The van der Waals surface area contributed by atoms with Crippen LogP contribution in [0, 0.1) is 0 Å². The Labute approximate surface area is 126 Å². The van der Waals surface area contributed by atoms with Gasteiger partial charge in [0.2, 0.25) is 5.82 Å². The molecule has 1 heterocycles. The van der Waals surface area contributed by atoms with Crippen molar-refractivity contribution in [2.75, 3.05) is 0 Å². The van der Waals surface area contributed by atoms with E-state index in [0.717, 1.165) is 11.1 Å². The summed E-state index contributed by atoms with van der Waals surface area (Å²) in [5.74, 6) is 0.826. The summed E-state index contributed by atoms with van der Waals surface area (Å²) in [6.45, 7) is 0. The minimum atomic E-state index is -1.49. The molecule has 2 N–H and O–H groups in total. The molecule has 0 unspecified atom stereocenters. The third-order valence-corrected chi connectivity index (χ3v) is 3.24. The fourth-order valence-electron chi connectivity index (χ4n) is 1.85. The van der Waals surface area contributed by atoms with E-state index in [0.29, 0.717) is 22.2 Å². The first-order chi connectivity index (χ1) is 10.1. The number of rotatable bonds is 3. The molecule has 0 amide bonds. The van der Waals surface area contributed by atoms with Gasteiger partial charge in [0.15, 0.2) is 0 Å². The maximum Gasteiger partial charge on any atom is 0.488 e. The molecule has 21 heavy (non-hydrogen) atoms. The summed E-state index contributed by atoms with van der Waals surface area (Å²) in [7, 11) is -1.49. The van der Waals surface area contributed by atoms with Crippen molar-refractivity contribution in [1.82, 2.24) is 10.1 Å². The molecule has 0 saturated heterocycles. The Morgan fingerprint density at radius 2 is 1.52 bits per heavy atom. The van der Waals surface area contributed by atoms with Gasteiger partial charge >= 0.3 is 7.12 Å². The molecule has 0 aliphatic rings. The molecule has 0 radical (unpaired) electrons. The van der Waals surface area contributed by atoms with Crippen LogP contribution in [0.3, 0.4) is 0 Å². The van der Waals surface area contributed by atoms with E-state index in [9.17, 15) is 0 Å². The van der Waals surface area contributed by atoms with Gasteiger partial charge in [0, 0.05) is 16.1 Å². The molecule has 0 spiro atoms. The number of aromatic nitrogens is 2. The molecule has 5 nitrogen and oxygen atoms in total. The van der Waals surface area contributed by atoms with Crippen LogP contribution >= 0.6 is 11.6 Å². The third-order valence-electron chi connectivity index (χ3n) is 2.98. The van der Waals surface area contributed by atoms with Crippen LogP contribution in [0.15, 0.2) is 53.1 Å². The molecule has 0 aliphatic heterocycles. The molecule has 3 rings (SSSR count). The number of hydrogen-bond donors (Lipinski definition) is 2. The summed E-state index contributed by atoms with van der Waals surface area (Å²) < 4.78 is 5.22. The first kappa shape index (κ1) is 13.8. The van der Waals surface area contributed by atoms with Gasteiger partial charge < -0.3 is 14.6 Å². The Hall–Kier alpha value is -2.15. The smallest absolute Gasteiger partial charge is 0.423 e. The second kappa shape index (κ2) is 5.69. The van der Waals surface area contributed by atoms with Gasteiger partial charge in [-0.2, -0.15) is 4.98 Å². The van der Waals surface area contributed by atoms with E-state index in [1.165, 1.54) is 0 Å². The van der Waals surface area contributed by atoms with Gasteiger partial charge in [0.1, 0.15) is 0 Å². The highest BCUT2D eigenvalue weighted by Gasteiger charge is 2.13. The minimum Gasteiger partial charge on any atom is -0.423 e. The number of hydrogen-bond acceptors (Lipinski definition) is 5. The van der Waals surface area contributed by atoms with Crippen molar-refractivity contribution in [1.29, 1.82) is 0 Å². The van der Waals surface area contributed by atoms with E-state index >= 15 is 0 Å². The van der Waals surface area contributed by atoms with Crippen LogP contribution in [-0.2, 0) is 0 Å². The molecule has 0 atom stereocenters. The first-order valence-electron chi connectivity index (χ1n) is 6.19. The van der Waals surface area contributed by atoms with Crippen molar-refractivity contribution in [3.63, 3.8) is 0 Å². The van der Waals surface area contributed by atoms with E-state index in [1.54, 1.807) is 48.5 Å². The molecular weight excluding hydrogens is 290 g/mol. The average molecular weight is 301 g/mol. The van der Waals surface area contributed by atoms with Gasteiger partial charge in [0.05, 0.1) is 0 Å². The van der Waals surface area contributed by atoms with Crippen LogP contribution in [0.5, 0.6) is 0 Å². The molecule has 0 aliphatic carbocycles. The fourth-order valence-corrected chi connectivity index (χ4v) is 1.98. The molecule has 0 bridgehead atoms. The first-order valence-corrected chi connectivity index (χ1v) is 6.57. The zero-order valence-electron chi connectivity index (χ0n) is 10.8. The Morgan fingerprint density at radius 1 is 0.905 bits per heavy atom. The number of nitrogens with zero attached hydrogens (tertiary/aromatic N) is 2. The third kappa shape index (κ3) is 2.97. The maximum absolute atomic E-state index is 9.06. The van der Waals surface area contributed by atoms with Crippen LogP contribution in [0.4, 0.5) is 0 Å². The molecule has 3 aromatic rings. The Balaban J connectivity index is 1.89. The van der Waals surface area contributed by atoms with E-state index < -0.39 is 7.12 Å². The van der Waals surface area contributed by atoms with E-state index in [1.807, 2.05) is 0 Å². The zero-order chi connectivity index (χ0) is 14.8. The monoisotopic (exact) mass is 300 g/mol. The number of halogens is 1. The normalized spacial score (nSPS) is 10.6. The van der Waals surface area contributed by atoms with Crippen LogP contribution in [-0.4, -0.2) is 27.3 Å². The molecule has 2 aromatic carbocycles. The lowest BCUT2D eigenvalue weighted by molar-refractivity contribution is 0.426. The highest BCUT2D eigenvalue weighted by atomic mass is 35.5. The summed E-state index contributed by atoms with van der Waals surface area (Å²) in [5, 5.41) is 22.7. The standard InChI is InChI=1S/C14H10BClN2O3/c16-12-7-3-10(4-8-12)14-17-13(18-21-14)9-1-5-11(6-2-9)15(19)20/h1-8,19-20H. The van der Waals surface area contributed by atoms with Gasteiger partial charge in [-0.05, 0) is 29.7 Å². The van der Waals surface area contributed by atoms with Crippen LogP contribution in [0.25, 0.3) is 22.8 Å². The summed E-state index contributed by atoms with van der Waals surface area (Å²) >= 11 is 5.83. The lowest BCUT2D eigenvalue weighted by Gasteiger charge is -1.99. The Bertz CT molecular complexity index is 742. The van der Waals surface area contributed by atoms with Crippen LogP contribution < -0.4 is 5.46 Å². The predicted molar refractivity (Wildman–Crippen MR) is 80.0 cm³/mol. The van der Waals surface area contributed by atoms with Gasteiger partial charge in [-0.15, -0.1) is 0 Å². The zero-order valence-corrected chi connectivity index (χ0v) is 11.5. The van der Waals surface area contributed by atoms with Crippen molar-refractivity contribution in [3.05, 3.63) is 53.6 Å². The van der Waals surface area contributed by atoms with Gasteiger partial charge in [-0.3, -0.25) is 0 Å². The van der Waals surface area contributed by atoms with Crippen molar-refractivity contribution in [2.45, 2.75) is 0 Å². The predicted octanol–water partition coefficient (Wildman–Crippen LogP) is 1.74. The van der Waals surface area contributed by atoms with Crippen molar-refractivity contribution < 1.29 is 14.6 Å². The van der Waals surface area contributed by atoms with Gasteiger partial charge in [-0.25, -0.2) is 0 Å². The Kier molecular flexibility index (Phi) is 3.75. The summed E-state index contributed by atoms with van der Waals surface area (Å²) in [6, 6.07) is 13.7. The highest BCUT2D eigenvalue weighted by Crippen LogP contribution is 2.23. The number of benzene rings is 2. The van der Waals surface area contributed by atoms with Gasteiger partial charge in [0.25, 0.3) is 5.89 Å². The van der Waals surface area contributed by atoms with Crippen molar-refractivity contribution >= 4 is 24.2 Å². The van der Waals surface area contributed by atoms with E-state index in [-0.39, 0.29) is 0 Å². The second-order valence-electron chi connectivity index (χ2n) is 4.43. The highest BCUT2D eigenvalue weighted by molar-refractivity contribution is 6.58. The molecule has 0 fully saturated rings. The molecule has 7 heteroatoms. The quantitative estimate of drug-likeness (QED) is 0.720. The SMILES string of the molecule is OB(O)c1ccc(-c2noc(-c3ccc(Cl)cc3)n2)cc1. The summed E-state index contributed by atoms with van der Waals surface area (Å²) in [5.41, 5.74) is 1.91. The van der Waals surface area contributed by atoms with E-state index in [2.05, 4.69) is 10.1 Å². The molecular formula is C14H10BClN2O3. The molecule has 0 saturated carbocycles. The average Bonchev–Trinajstić information content (AvgIpc) is 2.98. The Morgan fingerprint density at radius 3 is 2.14 bits per heavy atom. The van der Waals surface area contributed by atoms with Crippen LogP contribution in [0.1, 0.15) is 0 Å². The second-order valence-corrected chi connectivity index (χ2v) is 4.86. The van der Waals surface area contributed by atoms with E-state index in [4.69, 9.17) is 26.2 Å². The molecule has 1 aromatic heterocycles. The van der Waals surface area contributed by atoms with Crippen molar-refractivity contribution in [3.8, 4) is 22.8 Å². The summed E-state index contributed by atoms with van der Waals surface area (Å²) in [4.78, 5) is 4.31. The van der Waals surface area contributed by atoms with Gasteiger partial charge in [-0.1, -0.05) is 41.0 Å². The lowest BCUT2D eigenvalue weighted by atomic mass is 9.80. The summed E-state index contributed by atoms with van der Waals surface area (Å²) in [6.07, 6.45) is 0. The maximum atomic E-state index is 9.06. The van der Waals surface area contributed by atoms with Crippen molar-refractivity contribution in [2.24, 2.45) is 0 Å². The minimum absolute atomic E-state index is 0.396. The topological polar surface area (TPSA) is 79.4 Å². The molecule has 104 valence electrons. The largest absolute Gasteiger partial charge is 0.488 e. The lowest BCUT2D eigenvalue weighted by Crippen LogP contribution is -2.29. The fraction of sp³-hybridized carbons (Fsp3) is 0. The van der Waals surface area contributed by atoms with Crippen LogP contribution in [0.2, 0.25) is 5.02 Å².